The predicted molar refractivity (Wildman–Crippen MR) is 218 cm³/mol. The molecule has 0 radical (unpaired) electrons. The van der Waals surface area contributed by atoms with E-state index in [1.165, 1.54) is 0 Å². The summed E-state index contributed by atoms with van der Waals surface area (Å²) >= 11 is 0. The van der Waals surface area contributed by atoms with E-state index in [1.54, 1.807) is 0 Å². The molecule has 11 aromatic rings. The highest BCUT2D eigenvalue weighted by molar-refractivity contribution is 6.23. The van der Waals surface area contributed by atoms with Crippen molar-refractivity contribution in [2.75, 3.05) is 0 Å². The SMILES string of the molecule is [2H]c1c([2H])c(-c2c3c([2H])c([2H])c([2H])c([2H])c3c(-c3c([2H])c([2H])c4oc5c6c([2H])c([2H])c([2H])c([2H])c6c([2H])c([2H])c5c4c3[2H])c3c([2H])c([2H])c([2H])c([2H])c23)c([2H])c(-c2c([2H])c([2H])c([2H])c3c([2H])c([2H])c4c([2H])c([2H])c([2H])c([2H])c4c23)c1[2H]. The zero-order chi connectivity index (χ0) is 59.6. The molecule has 0 N–H and O–H groups in total. The Morgan fingerprint density at radius 3 is 1.59 bits per heavy atom. The number of furan rings is 1. The van der Waals surface area contributed by atoms with Crippen molar-refractivity contribution >= 4 is 75.8 Å². The fraction of sp³-hybridized carbons (Fsp3) is 0. The Labute approximate surface area is 336 Å². The molecule has 0 unspecified atom stereocenters. The summed E-state index contributed by atoms with van der Waals surface area (Å²) in [5.74, 6) is 0. The number of hydrogen-bond donors (Lipinski definition) is 0. The number of hydrogen-bond acceptors (Lipinski definition) is 1. The fourth-order valence-electron chi connectivity index (χ4n) is 6.41. The van der Waals surface area contributed by atoms with Crippen LogP contribution in [0.4, 0.5) is 0 Å². The van der Waals surface area contributed by atoms with E-state index in [4.69, 9.17) is 29.1 Å². The number of fused-ring (bicyclic) bond motifs is 10. The van der Waals surface area contributed by atoms with Gasteiger partial charge in [-0.25, -0.2) is 0 Å². The average molecular weight is 677 g/mol. The molecule has 1 aromatic heterocycles. The molecule has 0 amide bonds. The molecular formula is C50H30O. The topological polar surface area (TPSA) is 13.1 Å². The summed E-state index contributed by atoms with van der Waals surface area (Å²) in [7, 11) is 0. The van der Waals surface area contributed by atoms with E-state index >= 15 is 0 Å². The number of benzene rings is 10. The van der Waals surface area contributed by atoms with E-state index in [0.717, 1.165) is 0 Å². The second kappa shape index (κ2) is 10.9. The first-order chi connectivity index (χ1) is 37.8. The maximum Gasteiger partial charge on any atom is 0.143 e. The van der Waals surface area contributed by atoms with Gasteiger partial charge in [-0.1, -0.05) is 157 Å². The van der Waals surface area contributed by atoms with Gasteiger partial charge in [0.15, 0.2) is 0 Å². The third kappa shape index (κ3) is 4.22. The average Bonchev–Trinajstić information content (AvgIpc) is 4.10. The van der Waals surface area contributed by atoms with Gasteiger partial charge in [0.2, 0.25) is 0 Å². The molecule has 1 nitrogen and oxygen atoms in total. The largest absolute Gasteiger partial charge is 0.455 e. The van der Waals surface area contributed by atoms with Gasteiger partial charge >= 0.3 is 0 Å². The summed E-state index contributed by atoms with van der Waals surface area (Å²) in [6, 6.07) is -28.4. The summed E-state index contributed by atoms with van der Waals surface area (Å²) in [5.41, 5.74) is -6.22. The molecule has 11 rings (SSSR count). The van der Waals surface area contributed by atoms with Gasteiger partial charge in [0.05, 0.1) is 41.1 Å². The van der Waals surface area contributed by atoms with Gasteiger partial charge in [0.1, 0.15) is 11.2 Å². The Kier molecular flexibility index (Phi) is 2.50. The second-order valence-electron chi connectivity index (χ2n) is 11.3. The molecular weight excluding hydrogens is 617 g/mol. The Bertz CT molecular complexity index is 4850. The Morgan fingerprint density at radius 1 is 0.333 bits per heavy atom. The molecule has 1 heteroatoms. The van der Waals surface area contributed by atoms with Crippen molar-refractivity contribution < 1.29 is 45.5 Å². The van der Waals surface area contributed by atoms with E-state index in [2.05, 4.69) is 0 Å². The molecule has 0 bridgehead atoms. The molecule has 0 atom stereocenters. The van der Waals surface area contributed by atoms with E-state index in [9.17, 15) is 16.4 Å². The first kappa shape index (κ1) is 11.7. The van der Waals surface area contributed by atoms with Crippen LogP contribution in [-0.4, -0.2) is 0 Å². The molecule has 0 spiro atoms. The third-order valence-corrected chi connectivity index (χ3v) is 8.56. The van der Waals surface area contributed by atoms with Crippen molar-refractivity contribution in [2.45, 2.75) is 0 Å². The first-order valence-electron chi connectivity index (χ1n) is 30.2. The van der Waals surface area contributed by atoms with Crippen LogP contribution in [0.15, 0.2) is 186 Å². The molecule has 10 aromatic carbocycles. The van der Waals surface area contributed by atoms with Crippen LogP contribution in [0.1, 0.15) is 41.1 Å². The smallest absolute Gasteiger partial charge is 0.143 e. The van der Waals surface area contributed by atoms with Crippen LogP contribution in [-0.2, 0) is 0 Å². The van der Waals surface area contributed by atoms with Crippen molar-refractivity contribution in [1.29, 1.82) is 0 Å². The molecule has 0 aliphatic heterocycles. The lowest BCUT2D eigenvalue weighted by atomic mass is 9.85. The second-order valence-corrected chi connectivity index (χ2v) is 11.3. The van der Waals surface area contributed by atoms with Crippen LogP contribution in [0.3, 0.4) is 0 Å². The molecule has 0 aliphatic carbocycles. The first-order valence-corrected chi connectivity index (χ1v) is 15.2. The lowest BCUT2D eigenvalue weighted by molar-refractivity contribution is 0.672. The van der Waals surface area contributed by atoms with Crippen LogP contribution >= 0.6 is 0 Å². The zero-order valence-electron chi connectivity index (χ0n) is 55.4. The lowest BCUT2D eigenvalue weighted by Crippen LogP contribution is -1.91. The fourth-order valence-corrected chi connectivity index (χ4v) is 6.41. The monoisotopic (exact) mass is 676 g/mol. The van der Waals surface area contributed by atoms with Crippen LogP contribution < -0.4 is 0 Å². The summed E-state index contributed by atoms with van der Waals surface area (Å²) in [5, 5.41) is -7.68. The van der Waals surface area contributed by atoms with Crippen LogP contribution in [0.5, 0.6) is 0 Å². The summed E-state index contributed by atoms with van der Waals surface area (Å²) in [4.78, 5) is 0. The van der Waals surface area contributed by atoms with E-state index in [-0.39, 0.29) is 0 Å². The third-order valence-electron chi connectivity index (χ3n) is 8.56. The maximum absolute atomic E-state index is 10.1. The lowest BCUT2D eigenvalue weighted by Gasteiger charge is -2.18. The normalized spacial score (nSPS) is 20.2. The van der Waals surface area contributed by atoms with E-state index < -0.39 is 290 Å². The minimum absolute atomic E-state index is 0.438. The van der Waals surface area contributed by atoms with Crippen molar-refractivity contribution in [1.82, 2.24) is 0 Å². The minimum Gasteiger partial charge on any atom is -0.455 e. The summed E-state index contributed by atoms with van der Waals surface area (Å²) in [6.45, 7) is 0. The summed E-state index contributed by atoms with van der Waals surface area (Å²) in [6.07, 6.45) is 0. The van der Waals surface area contributed by atoms with Crippen molar-refractivity contribution in [3.05, 3.63) is 181 Å². The zero-order valence-corrected chi connectivity index (χ0v) is 25.4. The van der Waals surface area contributed by atoms with Gasteiger partial charge in [-0.3, -0.25) is 0 Å². The summed E-state index contributed by atoms with van der Waals surface area (Å²) < 4.78 is 279. The maximum atomic E-state index is 10.1. The van der Waals surface area contributed by atoms with Crippen LogP contribution in [0, 0.1) is 0 Å². The Balaban J connectivity index is 1.41. The predicted octanol–water partition coefficient (Wildman–Crippen LogP) is 14.4. The number of rotatable bonds is 3. The van der Waals surface area contributed by atoms with Gasteiger partial charge in [0.25, 0.3) is 0 Å². The van der Waals surface area contributed by atoms with Crippen LogP contribution in [0.2, 0.25) is 0 Å². The van der Waals surface area contributed by atoms with Gasteiger partial charge in [0, 0.05) is 16.2 Å². The standard InChI is InChI=1S/C50H30O/c1-3-16-37-31(11-1)23-24-33-13-10-22-38(47(33)37)34-14-9-15-35(29-34)48-40-18-5-7-20-42(40)49(43-21-8-6-19-41(43)48)36-26-28-46-45(30-36)44-27-25-32-12-2-4-17-39(32)50(44)51-46/h1-30H/i1D,2D,3D,4D,5D,6D,7D,8D,9D,10D,11D,12D,13D,14D,15D,16D,17D,18D,19D,20D,21D,22D,23D,24D,25D,26D,27D,28D,29D,30D. The van der Waals surface area contributed by atoms with Crippen molar-refractivity contribution in [3.8, 4) is 33.4 Å². The molecule has 0 saturated heterocycles. The highest BCUT2D eigenvalue weighted by Crippen LogP contribution is 2.46. The highest BCUT2D eigenvalue weighted by Gasteiger charge is 2.19. The molecule has 1 heterocycles. The van der Waals surface area contributed by atoms with Crippen molar-refractivity contribution in [2.24, 2.45) is 0 Å². The van der Waals surface area contributed by atoms with Gasteiger partial charge < -0.3 is 4.42 Å². The molecule has 51 heavy (non-hydrogen) atoms. The molecule has 0 saturated carbocycles. The molecule has 0 aliphatic rings. The Morgan fingerprint density at radius 2 is 0.863 bits per heavy atom. The van der Waals surface area contributed by atoms with Gasteiger partial charge in [-0.2, -0.15) is 0 Å². The highest BCUT2D eigenvalue weighted by atomic mass is 16.3. The molecule has 236 valence electrons. The van der Waals surface area contributed by atoms with Crippen LogP contribution in [0.25, 0.3) is 109 Å². The van der Waals surface area contributed by atoms with Gasteiger partial charge in [-0.15, -0.1) is 0 Å². The quantitative estimate of drug-likeness (QED) is 0.134. The van der Waals surface area contributed by atoms with E-state index in [0.29, 0.717) is 0 Å². The van der Waals surface area contributed by atoms with Crippen molar-refractivity contribution in [3.63, 3.8) is 0 Å². The molecule has 0 fully saturated rings. The van der Waals surface area contributed by atoms with E-state index in [1.807, 2.05) is 0 Å². The minimum atomic E-state index is -1.14. The Hall–Kier alpha value is -6.70. The van der Waals surface area contributed by atoms with Gasteiger partial charge in [-0.05, 0) is 106 Å².